The first-order valence-corrected chi connectivity index (χ1v) is 8.34. The third-order valence-electron chi connectivity index (χ3n) is 3.70. The SMILES string of the molecule is Cc1nn(Cc2ccc(Cl)cc2)c(Cl)c1/C=C(\C#N)c1ccccn1. The number of aryl methyl sites for hydroxylation is 1. The molecule has 0 saturated heterocycles. The first-order valence-electron chi connectivity index (χ1n) is 7.59. The van der Waals surface area contributed by atoms with Crippen molar-refractivity contribution in [2.24, 2.45) is 0 Å². The Morgan fingerprint density at radius 2 is 1.96 bits per heavy atom. The highest BCUT2D eigenvalue weighted by molar-refractivity contribution is 6.31. The van der Waals surface area contributed by atoms with Crippen molar-refractivity contribution in [1.29, 1.82) is 5.26 Å². The second-order valence-electron chi connectivity index (χ2n) is 5.46. The van der Waals surface area contributed by atoms with E-state index < -0.39 is 0 Å². The van der Waals surface area contributed by atoms with Gasteiger partial charge < -0.3 is 0 Å². The maximum absolute atomic E-state index is 9.45. The number of nitrogens with zero attached hydrogens (tertiary/aromatic N) is 4. The molecule has 0 fully saturated rings. The second kappa shape index (κ2) is 7.52. The Kier molecular flexibility index (Phi) is 5.18. The van der Waals surface area contributed by atoms with Gasteiger partial charge in [-0.05, 0) is 42.8 Å². The molecule has 3 rings (SSSR count). The van der Waals surface area contributed by atoms with Gasteiger partial charge in [0.2, 0.25) is 0 Å². The van der Waals surface area contributed by atoms with Crippen LogP contribution in [0.25, 0.3) is 11.6 Å². The monoisotopic (exact) mass is 368 g/mol. The van der Waals surface area contributed by atoms with Crippen LogP contribution in [0.5, 0.6) is 0 Å². The Balaban J connectivity index is 1.95. The van der Waals surface area contributed by atoms with Crippen LogP contribution < -0.4 is 0 Å². The van der Waals surface area contributed by atoms with Crippen LogP contribution in [0.2, 0.25) is 10.2 Å². The Morgan fingerprint density at radius 3 is 2.60 bits per heavy atom. The van der Waals surface area contributed by atoms with Crippen LogP contribution >= 0.6 is 23.2 Å². The third-order valence-corrected chi connectivity index (χ3v) is 4.36. The van der Waals surface area contributed by atoms with Gasteiger partial charge in [-0.1, -0.05) is 41.4 Å². The van der Waals surface area contributed by atoms with E-state index in [1.807, 2.05) is 37.3 Å². The van der Waals surface area contributed by atoms with Crippen LogP contribution in [-0.2, 0) is 6.54 Å². The van der Waals surface area contributed by atoms with Crippen molar-refractivity contribution in [2.75, 3.05) is 0 Å². The van der Waals surface area contributed by atoms with Crippen molar-refractivity contribution in [3.05, 3.63) is 81.4 Å². The van der Waals surface area contributed by atoms with Gasteiger partial charge in [-0.2, -0.15) is 10.4 Å². The summed E-state index contributed by atoms with van der Waals surface area (Å²) in [5.74, 6) is 0. The summed E-state index contributed by atoms with van der Waals surface area (Å²) in [6.07, 6.45) is 3.38. The molecule has 0 aliphatic rings. The minimum atomic E-state index is 0.441. The number of aromatic nitrogens is 3. The highest BCUT2D eigenvalue weighted by Crippen LogP contribution is 2.26. The molecule has 2 aromatic heterocycles. The second-order valence-corrected chi connectivity index (χ2v) is 6.25. The molecule has 0 aliphatic heterocycles. The molecule has 1 aromatic carbocycles. The van der Waals surface area contributed by atoms with E-state index in [2.05, 4.69) is 16.2 Å². The molecule has 2 heterocycles. The van der Waals surface area contributed by atoms with Crippen molar-refractivity contribution in [3.63, 3.8) is 0 Å². The van der Waals surface area contributed by atoms with E-state index >= 15 is 0 Å². The van der Waals surface area contributed by atoms with Gasteiger partial charge in [0.25, 0.3) is 0 Å². The van der Waals surface area contributed by atoms with Gasteiger partial charge in [-0.25, -0.2) is 4.68 Å². The number of nitriles is 1. The van der Waals surface area contributed by atoms with Crippen LogP contribution in [0.3, 0.4) is 0 Å². The predicted octanol–water partition coefficient (Wildman–Crippen LogP) is 5.01. The smallest absolute Gasteiger partial charge is 0.134 e. The van der Waals surface area contributed by atoms with Crippen LogP contribution in [0, 0.1) is 18.3 Å². The van der Waals surface area contributed by atoms with Gasteiger partial charge in [0.1, 0.15) is 11.2 Å². The zero-order valence-electron chi connectivity index (χ0n) is 13.4. The average molecular weight is 369 g/mol. The Labute approximate surface area is 156 Å². The van der Waals surface area contributed by atoms with Gasteiger partial charge >= 0.3 is 0 Å². The molecule has 0 spiro atoms. The molecule has 0 amide bonds. The van der Waals surface area contributed by atoms with Crippen molar-refractivity contribution < 1.29 is 0 Å². The summed E-state index contributed by atoms with van der Waals surface area (Å²) in [7, 11) is 0. The number of halogens is 2. The Bertz CT molecular complexity index is 952. The molecular formula is C19H14Cl2N4. The number of benzene rings is 1. The highest BCUT2D eigenvalue weighted by atomic mass is 35.5. The van der Waals surface area contributed by atoms with E-state index in [1.54, 1.807) is 29.1 Å². The van der Waals surface area contributed by atoms with Crippen LogP contribution in [0.4, 0.5) is 0 Å². The maximum atomic E-state index is 9.45. The fourth-order valence-electron chi connectivity index (χ4n) is 2.43. The molecule has 0 radical (unpaired) electrons. The van der Waals surface area contributed by atoms with E-state index in [1.165, 1.54) is 0 Å². The summed E-state index contributed by atoms with van der Waals surface area (Å²) >= 11 is 12.4. The standard InChI is InChI=1S/C19H14Cl2N4/c1-13-17(10-15(11-22)18-4-2-3-9-23-18)19(21)25(24-13)12-14-5-7-16(20)8-6-14/h2-10H,12H2,1H3/b15-10+. The lowest BCUT2D eigenvalue weighted by molar-refractivity contribution is 0.680. The van der Waals surface area contributed by atoms with E-state index in [9.17, 15) is 5.26 Å². The number of allylic oxidation sites excluding steroid dienone is 1. The largest absolute Gasteiger partial charge is 0.256 e. The zero-order valence-corrected chi connectivity index (χ0v) is 15.0. The van der Waals surface area contributed by atoms with Crippen LogP contribution in [0.1, 0.15) is 22.5 Å². The lowest BCUT2D eigenvalue weighted by atomic mass is 10.1. The normalized spacial score (nSPS) is 11.4. The van der Waals surface area contributed by atoms with Crippen LogP contribution in [0.15, 0.2) is 48.7 Å². The number of pyridine rings is 1. The van der Waals surface area contributed by atoms with Crippen molar-refractivity contribution in [2.45, 2.75) is 13.5 Å². The molecule has 3 aromatic rings. The quantitative estimate of drug-likeness (QED) is 0.608. The maximum Gasteiger partial charge on any atom is 0.134 e. The van der Waals surface area contributed by atoms with Gasteiger partial charge in [0.05, 0.1) is 23.5 Å². The number of rotatable bonds is 4. The molecule has 0 unspecified atom stereocenters. The van der Waals surface area contributed by atoms with E-state index in [0.29, 0.717) is 28.0 Å². The number of hydrogen-bond acceptors (Lipinski definition) is 3. The summed E-state index contributed by atoms with van der Waals surface area (Å²) in [4.78, 5) is 4.21. The van der Waals surface area contributed by atoms with E-state index in [0.717, 1.165) is 16.8 Å². The summed E-state index contributed by atoms with van der Waals surface area (Å²) in [6.45, 7) is 2.39. The van der Waals surface area contributed by atoms with Crippen molar-refractivity contribution in [1.82, 2.24) is 14.8 Å². The minimum Gasteiger partial charge on any atom is -0.256 e. The first-order chi connectivity index (χ1) is 12.1. The van der Waals surface area contributed by atoms with Crippen LogP contribution in [-0.4, -0.2) is 14.8 Å². The lowest BCUT2D eigenvalue weighted by Gasteiger charge is -2.04. The highest BCUT2D eigenvalue weighted by Gasteiger charge is 2.14. The van der Waals surface area contributed by atoms with Gasteiger partial charge in [0.15, 0.2) is 0 Å². The van der Waals surface area contributed by atoms with Crippen molar-refractivity contribution in [3.8, 4) is 6.07 Å². The van der Waals surface area contributed by atoms with E-state index in [4.69, 9.17) is 23.2 Å². The van der Waals surface area contributed by atoms with E-state index in [-0.39, 0.29) is 0 Å². The fourth-order valence-corrected chi connectivity index (χ4v) is 2.84. The van der Waals surface area contributed by atoms with Crippen molar-refractivity contribution >= 4 is 34.9 Å². The molecule has 25 heavy (non-hydrogen) atoms. The molecule has 0 aliphatic carbocycles. The van der Waals surface area contributed by atoms with Gasteiger partial charge in [0, 0.05) is 16.8 Å². The molecule has 0 bridgehead atoms. The molecule has 6 heteroatoms. The molecule has 4 nitrogen and oxygen atoms in total. The third kappa shape index (κ3) is 3.90. The first kappa shape index (κ1) is 17.2. The average Bonchev–Trinajstić information content (AvgIpc) is 2.89. The van der Waals surface area contributed by atoms with Gasteiger partial charge in [-0.15, -0.1) is 0 Å². The Morgan fingerprint density at radius 1 is 1.20 bits per heavy atom. The molecule has 0 saturated carbocycles. The lowest BCUT2D eigenvalue weighted by Crippen LogP contribution is -2.01. The summed E-state index contributed by atoms with van der Waals surface area (Å²) in [5, 5.41) is 15.1. The molecule has 0 atom stereocenters. The van der Waals surface area contributed by atoms with Gasteiger partial charge in [-0.3, -0.25) is 4.98 Å². The minimum absolute atomic E-state index is 0.441. The summed E-state index contributed by atoms with van der Waals surface area (Å²) in [6, 6.07) is 15.1. The Hall–Kier alpha value is -2.61. The fraction of sp³-hybridized carbons (Fsp3) is 0.105. The summed E-state index contributed by atoms with van der Waals surface area (Å²) < 4.78 is 1.71. The zero-order chi connectivity index (χ0) is 17.8. The molecule has 0 N–H and O–H groups in total. The summed E-state index contributed by atoms with van der Waals surface area (Å²) in [5.41, 5.74) is 3.55. The predicted molar refractivity (Wildman–Crippen MR) is 100 cm³/mol. The number of hydrogen-bond donors (Lipinski definition) is 0. The molecule has 124 valence electrons. The molecular weight excluding hydrogens is 355 g/mol. The topological polar surface area (TPSA) is 54.5 Å².